The Hall–Kier alpha value is -3.20. The monoisotopic (exact) mass is 465 g/mol. The summed E-state index contributed by atoms with van der Waals surface area (Å²) in [6.45, 7) is 1.66. The lowest BCUT2D eigenvalue weighted by Crippen LogP contribution is -2.31. The Labute approximate surface area is 185 Å². The summed E-state index contributed by atoms with van der Waals surface area (Å²) >= 11 is 0. The number of alkyl halides is 3. The molecule has 0 N–H and O–H groups in total. The second-order valence-corrected chi connectivity index (χ2v) is 8.87. The zero-order chi connectivity index (χ0) is 23.5. The van der Waals surface area contributed by atoms with Gasteiger partial charge in [0.25, 0.3) is 10.0 Å². The number of nitrogens with zero attached hydrogens (tertiary/aromatic N) is 1. The van der Waals surface area contributed by atoms with Crippen molar-refractivity contribution in [1.29, 1.82) is 0 Å². The van der Waals surface area contributed by atoms with Crippen LogP contribution in [0.25, 0.3) is 0 Å². The summed E-state index contributed by atoms with van der Waals surface area (Å²) in [4.78, 5) is -0.138. The van der Waals surface area contributed by atoms with E-state index in [0.29, 0.717) is 11.3 Å². The van der Waals surface area contributed by atoms with Gasteiger partial charge in [0.1, 0.15) is 0 Å². The molecular weight excluding hydrogens is 443 g/mol. The van der Waals surface area contributed by atoms with E-state index in [1.54, 1.807) is 18.2 Å². The molecule has 0 aliphatic heterocycles. The summed E-state index contributed by atoms with van der Waals surface area (Å²) < 4.78 is 78.5. The molecule has 0 saturated heterocycles. The van der Waals surface area contributed by atoms with Gasteiger partial charge < -0.3 is 9.47 Å². The number of aryl methyl sites for hydroxylation is 1. The molecule has 0 aliphatic carbocycles. The maximum atomic E-state index is 13.6. The summed E-state index contributed by atoms with van der Waals surface area (Å²) in [7, 11) is -1.48. The standard InChI is InChI=1S/C23H22F3NO4S/c1-16-7-4-5-8-17(16)15-27(19-10-6-9-18(13-19)23(24,25)26)32(28,29)20-11-12-21(30-2)22(14-20)31-3/h4-14H,15H2,1-3H3. The van der Waals surface area contributed by atoms with Crippen LogP contribution < -0.4 is 13.8 Å². The fourth-order valence-electron chi connectivity index (χ4n) is 3.20. The fraction of sp³-hybridized carbons (Fsp3) is 0.217. The van der Waals surface area contributed by atoms with E-state index in [0.717, 1.165) is 22.0 Å². The molecule has 0 aromatic heterocycles. The Balaban J connectivity index is 2.17. The van der Waals surface area contributed by atoms with Crippen molar-refractivity contribution >= 4 is 15.7 Å². The van der Waals surface area contributed by atoms with Crippen LogP contribution in [0.4, 0.5) is 18.9 Å². The number of rotatable bonds is 7. The summed E-state index contributed by atoms with van der Waals surface area (Å²) in [6.07, 6.45) is -4.61. The first-order valence-electron chi connectivity index (χ1n) is 9.54. The molecule has 3 rings (SSSR count). The van der Waals surface area contributed by atoms with Gasteiger partial charge in [0, 0.05) is 6.07 Å². The lowest BCUT2D eigenvalue weighted by molar-refractivity contribution is -0.137. The average Bonchev–Trinajstić information content (AvgIpc) is 2.77. The van der Waals surface area contributed by atoms with Crippen molar-refractivity contribution < 1.29 is 31.1 Å². The Bertz CT molecular complexity index is 1210. The van der Waals surface area contributed by atoms with E-state index in [1.807, 2.05) is 13.0 Å². The first kappa shape index (κ1) is 23.5. The molecule has 0 atom stereocenters. The lowest BCUT2D eigenvalue weighted by Gasteiger charge is -2.26. The van der Waals surface area contributed by atoms with Crippen LogP contribution in [0.5, 0.6) is 11.5 Å². The second kappa shape index (κ2) is 9.12. The molecular formula is C23H22F3NO4S. The van der Waals surface area contributed by atoms with Crippen molar-refractivity contribution in [2.75, 3.05) is 18.5 Å². The van der Waals surface area contributed by atoms with Crippen LogP contribution in [-0.2, 0) is 22.7 Å². The smallest absolute Gasteiger partial charge is 0.416 e. The van der Waals surface area contributed by atoms with E-state index in [1.165, 1.54) is 44.6 Å². The van der Waals surface area contributed by atoms with Crippen molar-refractivity contribution in [3.63, 3.8) is 0 Å². The number of benzene rings is 3. The summed E-state index contributed by atoms with van der Waals surface area (Å²) in [5.74, 6) is 0.518. The maximum Gasteiger partial charge on any atom is 0.416 e. The highest BCUT2D eigenvalue weighted by atomic mass is 32.2. The number of ether oxygens (including phenoxy) is 2. The van der Waals surface area contributed by atoms with E-state index in [4.69, 9.17) is 9.47 Å². The van der Waals surface area contributed by atoms with Crippen LogP contribution in [0, 0.1) is 6.92 Å². The predicted octanol–water partition coefficient (Wildman–Crippen LogP) is 5.43. The Morgan fingerprint density at radius 1 is 0.875 bits per heavy atom. The topological polar surface area (TPSA) is 55.8 Å². The zero-order valence-corrected chi connectivity index (χ0v) is 18.5. The molecule has 0 amide bonds. The van der Waals surface area contributed by atoms with E-state index in [2.05, 4.69) is 0 Å². The molecule has 0 spiro atoms. The number of anilines is 1. The molecule has 3 aromatic rings. The van der Waals surface area contributed by atoms with Crippen LogP contribution in [0.15, 0.2) is 71.6 Å². The SMILES string of the molecule is COc1ccc(S(=O)(=O)N(Cc2ccccc2C)c2cccc(C(F)(F)F)c2)cc1OC. The van der Waals surface area contributed by atoms with Gasteiger partial charge in [-0.2, -0.15) is 13.2 Å². The van der Waals surface area contributed by atoms with Gasteiger partial charge in [0.2, 0.25) is 0 Å². The first-order valence-corrected chi connectivity index (χ1v) is 11.0. The molecule has 0 aliphatic rings. The maximum absolute atomic E-state index is 13.6. The molecule has 5 nitrogen and oxygen atoms in total. The van der Waals surface area contributed by atoms with E-state index >= 15 is 0 Å². The molecule has 0 radical (unpaired) electrons. The van der Waals surface area contributed by atoms with Crippen molar-refractivity contribution in [2.24, 2.45) is 0 Å². The van der Waals surface area contributed by atoms with Crippen molar-refractivity contribution in [3.05, 3.63) is 83.4 Å². The van der Waals surface area contributed by atoms with Gasteiger partial charge in [0.05, 0.1) is 36.9 Å². The van der Waals surface area contributed by atoms with Crippen molar-refractivity contribution in [2.45, 2.75) is 24.5 Å². The molecule has 0 bridgehead atoms. The minimum absolute atomic E-state index is 0.0992. The molecule has 0 unspecified atom stereocenters. The molecule has 0 saturated carbocycles. The third-order valence-electron chi connectivity index (χ3n) is 4.98. The van der Waals surface area contributed by atoms with Gasteiger partial charge in [-0.25, -0.2) is 8.42 Å². The summed E-state index contributed by atoms with van der Waals surface area (Å²) in [6, 6.07) is 15.4. The van der Waals surface area contributed by atoms with Gasteiger partial charge in [-0.15, -0.1) is 0 Å². The zero-order valence-electron chi connectivity index (χ0n) is 17.7. The normalized spacial score (nSPS) is 11.8. The fourth-order valence-corrected chi connectivity index (χ4v) is 4.65. The third-order valence-corrected chi connectivity index (χ3v) is 6.75. The highest BCUT2D eigenvalue weighted by Gasteiger charge is 2.33. The predicted molar refractivity (Wildman–Crippen MR) is 116 cm³/mol. The van der Waals surface area contributed by atoms with Crippen LogP contribution in [0.2, 0.25) is 0 Å². The number of hydrogen-bond donors (Lipinski definition) is 0. The first-order chi connectivity index (χ1) is 15.1. The van der Waals surface area contributed by atoms with Crippen LogP contribution in [-0.4, -0.2) is 22.6 Å². The molecule has 3 aromatic carbocycles. The Morgan fingerprint density at radius 3 is 2.19 bits per heavy atom. The Kier molecular flexibility index (Phi) is 6.68. The van der Waals surface area contributed by atoms with Crippen LogP contribution in [0.3, 0.4) is 0 Å². The minimum atomic E-state index is -4.61. The minimum Gasteiger partial charge on any atom is -0.493 e. The number of halogens is 3. The van der Waals surface area contributed by atoms with Crippen molar-refractivity contribution in [1.82, 2.24) is 0 Å². The van der Waals surface area contributed by atoms with Gasteiger partial charge in [0.15, 0.2) is 11.5 Å². The highest BCUT2D eigenvalue weighted by Crippen LogP contribution is 2.36. The van der Waals surface area contributed by atoms with Gasteiger partial charge >= 0.3 is 6.18 Å². The number of methoxy groups -OCH3 is 2. The summed E-state index contributed by atoms with van der Waals surface area (Å²) in [5.41, 5.74) is 0.436. The van der Waals surface area contributed by atoms with Gasteiger partial charge in [-0.3, -0.25) is 4.31 Å². The third kappa shape index (κ3) is 4.83. The van der Waals surface area contributed by atoms with Gasteiger partial charge in [-0.05, 0) is 48.4 Å². The van der Waals surface area contributed by atoms with Gasteiger partial charge in [-0.1, -0.05) is 30.3 Å². The van der Waals surface area contributed by atoms with E-state index < -0.39 is 21.8 Å². The molecule has 32 heavy (non-hydrogen) atoms. The largest absolute Gasteiger partial charge is 0.493 e. The highest BCUT2D eigenvalue weighted by molar-refractivity contribution is 7.92. The molecule has 0 heterocycles. The molecule has 9 heteroatoms. The second-order valence-electron chi connectivity index (χ2n) is 7.00. The number of hydrogen-bond acceptors (Lipinski definition) is 4. The average molecular weight is 465 g/mol. The van der Waals surface area contributed by atoms with Crippen LogP contribution in [0.1, 0.15) is 16.7 Å². The Morgan fingerprint density at radius 2 is 1.56 bits per heavy atom. The molecule has 0 fully saturated rings. The quantitative estimate of drug-likeness (QED) is 0.467. The summed E-state index contributed by atoms with van der Waals surface area (Å²) in [5, 5.41) is 0. The lowest BCUT2D eigenvalue weighted by atomic mass is 10.1. The van der Waals surface area contributed by atoms with Crippen LogP contribution >= 0.6 is 0 Å². The molecule has 170 valence electrons. The van der Waals surface area contributed by atoms with Crippen molar-refractivity contribution in [3.8, 4) is 11.5 Å². The number of sulfonamides is 1. The van der Waals surface area contributed by atoms with E-state index in [9.17, 15) is 21.6 Å². The van der Waals surface area contributed by atoms with E-state index in [-0.39, 0.29) is 22.9 Å².